The molecule has 2 heterocycles. The third kappa shape index (κ3) is 3.13. The molecule has 1 aromatic heterocycles. The molecule has 4 nitrogen and oxygen atoms in total. The van der Waals surface area contributed by atoms with Gasteiger partial charge in [-0.05, 0) is 43.7 Å². The van der Waals surface area contributed by atoms with E-state index >= 15 is 0 Å². The lowest BCUT2D eigenvalue weighted by atomic mass is 9.88. The van der Waals surface area contributed by atoms with Gasteiger partial charge in [0, 0.05) is 11.1 Å². The van der Waals surface area contributed by atoms with Gasteiger partial charge in [-0.2, -0.15) is 0 Å². The van der Waals surface area contributed by atoms with E-state index in [2.05, 4.69) is 42.7 Å². The maximum Gasteiger partial charge on any atom is 0.286 e. The van der Waals surface area contributed by atoms with Crippen molar-refractivity contribution in [3.63, 3.8) is 0 Å². The van der Waals surface area contributed by atoms with E-state index in [0.29, 0.717) is 12.5 Å². The number of aromatic nitrogens is 1. The number of nitrogens with one attached hydrogen (secondary N) is 2. The summed E-state index contributed by atoms with van der Waals surface area (Å²) in [5, 5.41) is 1.30. The molecule has 0 unspecified atom stereocenters. The topological polar surface area (TPSA) is 30.9 Å². The van der Waals surface area contributed by atoms with Crippen molar-refractivity contribution in [2.75, 3.05) is 39.3 Å². The highest BCUT2D eigenvalue weighted by molar-refractivity contribution is 5.96. The number of piperazine rings is 1. The molecule has 2 aliphatic rings. The van der Waals surface area contributed by atoms with Crippen molar-refractivity contribution in [3.05, 3.63) is 35.5 Å². The van der Waals surface area contributed by atoms with Crippen molar-refractivity contribution in [1.82, 2.24) is 4.57 Å². The predicted octanol–water partition coefficient (Wildman–Crippen LogP) is 0.210. The molecule has 134 valence electrons. The van der Waals surface area contributed by atoms with Crippen LogP contribution in [-0.4, -0.2) is 49.7 Å². The Kier molecular flexibility index (Phi) is 4.65. The second-order valence-corrected chi connectivity index (χ2v) is 8.05. The van der Waals surface area contributed by atoms with Crippen LogP contribution in [0.4, 0.5) is 0 Å². The van der Waals surface area contributed by atoms with Crippen LogP contribution in [0.15, 0.2) is 24.3 Å². The van der Waals surface area contributed by atoms with Crippen LogP contribution in [0.1, 0.15) is 36.3 Å². The summed E-state index contributed by atoms with van der Waals surface area (Å²) in [5.74, 6) is 1.01. The van der Waals surface area contributed by atoms with Crippen LogP contribution in [0.2, 0.25) is 0 Å². The van der Waals surface area contributed by atoms with Crippen molar-refractivity contribution >= 4 is 16.8 Å². The molecule has 2 N–H and O–H groups in total. The predicted molar refractivity (Wildman–Crippen MR) is 101 cm³/mol. The SMILES string of the molecule is CC[NH+]1CC[NH+](CC(=O)n2c3c(c4ccccc42)C[C@@H](C)CC3)CC1. The Balaban J connectivity index is 1.62. The third-order valence-electron chi connectivity index (χ3n) is 6.33. The summed E-state index contributed by atoms with van der Waals surface area (Å²) in [6.45, 7) is 11.1. The van der Waals surface area contributed by atoms with Crippen LogP contribution in [0.25, 0.3) is 10.9 Å². The zero-order valence-corrected chi connectivity index (χ0v) is 15.6. The number of carbonyl (C=O) groups excluding carboxylic acids is 1. The van der Waals surface area contributed by atoms with Gasteiger partial charge in [-0.3, -0.25) is 9.36 Å². The number of benzene rings is 1. The van der Waals surface area contributed by atoms with Gasteiger partial charge in [-0.15, -0.1) is 0 Å². The summed E-state index contributed by atoms with van der Waals surface area (Å²) in [6, 6.07) is 8.50. The van der Waals surface area contributed by atoms with Crippen molar-refractivity contribution < 1.29 is 14.6 Å². The minimum absolute atomic E-state index is 0.293. The Morgan fingerprint density at radius 3 is 2.64 bits per heavy atom. The fourth-order valence-corrected chi connectivity index (χ4v) is 4.75. The van der Waals surface area contributed by atoms with E-state index in [1.54, 1.807) is 4.90 Å². The second-order valence-electron chi connectivity index (χ2n) is 8.05. The van der Waals surface area contributed by atoms with Crippen LogP contribution in [-0.2, 0) is 12.8 Å². The Morgan fingerprint density at radius 1 is 1.16 bits per heavy atom. The monoisotopic (exact) mass is 341 g/mol. The van der Waals surface area contributed by atoms with E-state index < -0.39 is 0 Å². The van der Waals surface area contributed by atoms with Gasteiger partial charge in [0.05, 0.1) is 12.1 Å². The normalized spacial score (nSPS) is 26.6. The first-order valence-electron chi connectivity index (χ1n) is 9.99. The van der Waals surface area contributed by atoms with Crippen LogP contribution in [0.3, 0.4) is 0 Å². The van der Waals surface area contributed by atoms with Gasteiger partial charge in [-0.1, -0.05) is 25.1 Å². The third-order valence-corrected chi connectivity index (χ3v) is 6.33. The number of hydrogen-bond acceptors (Lipinski definition) is 1. The van der Waals surface area contributed by atoms with E-state index in [1.807, 2.05) is 0 Å². The summed E-state index contributed by atoms with van der Waals surface area (Å²) < 4.78 is 2.07. The number of nitrogens with zero attached hydrogens (tertiary/aromatic N) is 1. The number of likely N-dealkylation sites (N-methyl/N-ethyl adjacent to an activating group) is 1. The smallest absolute Gasteiger partial charge is 0.286 e. The summed E-state index contributed by atoms with van der Waals surface area (Å²) in [5.41, 5.74) is 3.85. The second kappa shape index (κ2) is 6.93. The summed E-state index contributed by atoms with van der Waals surface area (Å²) in [7, 11) is 0. The average molecular weight is 341 g/mol. The molecule has 1 fully saturated rings. The summed E-state index contributed by atoms with van der Waals surface area (Å²) in [6.07, 6.45) is 3.35. The summed E-state index contributed by atoms with van der Waals surface area (Å²) in [4.78, 5) is 16.4. The van der Waals surface area contributed by atoms with Gasteiger partial charge in [0.15, 0.2) is 6.54 Å². The van der Waals surface area contributed by atoms with E-state index in [9.17, 15) is 4.79 Å². The minimum Gasteiger partial charge on any atom is -0.326 e. The Morgan fingerprint density at radius 2 is 1.88 bits per heavy atom. The van der Waals surface area contributed by atoms with Crippen LogP contribution in [0, 0.1) is 5.92 Å². The first kappa shape index (κ1) is 16.8. The first-order chi connectivity index (χ1) is 12.2. The number of rotatable bonds is 3. The van der Waals surface area contributed by atoms with Crippen molar-refractivity contribution in [2.45, 2.75) is 33.1 Å². The molecular formula is C21H31N3O+2. The quantitative estimate of drug-likeness (QED) is 0.822. The molecule has 1 aliphatic carbocycles. The number of quaternary nitrogens is 2. The lowest BCUT2D eigenvalue weighted by Crippen LogP contribution is -3.28. The van der Waals surface area contributed by atoms with Gasteiger partial charge in [0.25, 0.3) is 5.91 Å². The maximum absolute atomic E-state index is 13.2. The van der Waals surface area contributed by atoms with Gasteiger partial charge in [-0.25, -0.2) is 0 Å². The lowest BCUT2D eigenvalue weighted by Gasteiger charge is -2.29. The van der Waals surface area contributed by atoms with Crippen molar-refractivity contribution in [2.24, 2.45) is 5.92 Å². The summed E-state index contributed by atoms with van der Waals surface area (Å²) >= 11 is 0. The molecule has 0 bridgehead atoms. The van der Waals surface area contributed by atoms with Gasteiger partial charge < -0.3 is 9.80 Å². The number of carbonyl (C=O) groups is 1. The molecule has 0 radical (unpaired) electrons. The Hall–Kier alpha value is -1.65. The largest absolute Gasteiger partial charge is 0.326 e. The Labute approximate surface area is 150 Å². The van der Waals surface area contributed by atoms with Gasteiger partial charge >= 0.3 is 0 Å². The van der Waals surface area contributed by atoms with Crippen molar-refractivity contribution in [3.8, 4) is 0 Å². The number of para-hydroxylation sites is 1. The molecule has 0 amide bonds. The lowest BCUT2D eigenvalue weighted by molar-refractivity contribution is -1.01. The Bertz CT molecular complexity index is 771. The fourth-order valence-electron chi connectivity index (χ4n) is 4.75. The molecule has 1 atom stereocenters. The highest BCUT2D eigenvalue weighted by Gasteiger charge is 2.29. The van der Waals surface area contributed by atoms with Gasteiger partial charge in [0.2, 0.25) is 0 Å². The zero-order valence-electron chi connectivity index (χ0n) is 15.6. The van der Waals surface area contributed by atoms with E-state index in [-0.39, 0.29) is 0 Å². The number of hydrogen-bond donors (Lipinski definition) is 2. The molecule has 4 rings (SSSR count). The number of fused-ring (bicyclic) bond motifs is 3. The average Bonchev–Trinajstić information content (AvgIpc) is 2.96. The fraction of sp³-hybridized carbons (Fsp3) is 0.571. The van der Waals surface area contributed by atoms with Crippen molar-refractivity contribution in [1.29, 1.82) is 0 Å². The van der Waals surface area contributed by atoms with E-state index in [0.717, 1.165) is 37.4 Å². The molecule has 0 saturated carbocycles. The van der Waals surface area contributed by atoms with E-state index in [1.165, 1.54) is 47.6 Å². The maximum atomic E-state index is 13.2. The highest BCUT2D eigenvalue weighted by Crippen LogP contribution is 2.34. The molecular weight excluding hydrogens is 310 g/mol. The molecule has 1 aliphatic heterocycles. The van der Waals surface area contributed by atoms with Crippen LogP contribution < -0.4 is 9.80 Å². The molecule has 2 aromatic rings. The van der Waals surface area contributed by atoms with Crippen LogP contribution in [0.5, 0.6) is 0 Å². The zero-order chi connectivity index (χ0) is 17.4. The first-order valence-corrected chi connectivity index (χ1v) is 9.99. The molecule has 1 aromatic carbocycles. The molecule has 1 saturated heterocycles. The van der Waals surface area contributed by atoms with Crippen LogP contribution >= 0.6 is 0 Å². The van der Waals surface area contributed by atoms with E-state index in [4.69, 9.17) is 0 Å². The molecule has 25 heavy (non-hydrogen) atoms. The molecule has 0 spiro atoms. The highest BCUT2D eigenvalue weighted by atomic mass is 16.2. The standard InChI is InChI=1S/C21H29N3O/c1-3-22-10-12-23(13-11-22)15-21(25)24-19-7-5-4-6-17(19)18-14-16(2)8-9-20(18)24/h4-7,16H,3,8-15H2,1-2H3/p+2/t16-/m0/s1. The molecule has 4 heteroatoms. The minimum atomic E-state index is 0.293. The van der Waals surface area contributed by atoms with Gasteiger partial charge in [0.1, 0.15) is 26.2 Å².